The van der Waals surface area contributed by atoms with Crippen LogP contribution in [0.3, 0.4) is 0 Å². The number of hydrogen-bond acceptors (Lipinski definition) is 6. The molecule has 0 radical (unpaired) electrons. The number of nitrogens with zero attached hydrogens (tertiary/aromatic N) is 4. The van der Waals surface area contributed by atoms with Gasteiger partial charge < -0.3 is 14.5 Å². The summed E-state index contributed by atoms with van der Waals surface area (Å²) in [6.45, 7) is 7.25. The Morgan fingerprint density at radius 3 is 2.78 bits per heavy atom. The minimum absolute atomic E-state index is 0.571. The van der Waals surface area contributed by atoms with Crippen molar-refractivity contribution in [1.29, 1.82) is 0 Å². The smallest absolute Gasteiger partial charge is 0.151 e. The number of hydrogen-bond donors (Lipinski definition) is 0. The van der Waals surface area contributed by atoms with Crippen LogP contribution >= 0.6 is 0 Å². The Morgan fingerprint density at radius 1 is 1.19 bits per heavy atom. The molecule has 0 amide bonds. The Bertz CT molecular complexity index is 725. The van der Waals surface area contributed by atoms with Crippen LogP contribution < -0.4 is 9.64 Å². The summed E-state index contributed by atoms with van der Waals surface area (Å²) in [4.78, 5) is 7.32. The third kappa shape index (κ3) is 5.94. The molecular weight excluding hydrogens is 340 g/mol. The molecule has 6 heteroatoms. The zero-order valence-electron chi connectivity index (χ0n) is 16.2. The van der Waals surface area contributed by atoms with Gasteiger partial charge in [-0.2, -0.15) is 5.10 Å². The molecule has 1 saturated heterocycles. The SMILES string of the molecule is CCON=Cc1cccc(OCCC2CCN(c3ccc(C)nn3)CC2)c1. The summed E-state index contributed by atoms with van der Waals surface area (Å²) in [7, 11) is 0. The van der Waals surface area contributed by atoms with Gasteiger partial charge in [-0.3, -0.25) is 0 Å². The Hall–Kier alpha value is -2.63. The highest BCUT2D eigenvalue weighted by Crippen LogP contribution is 2.24. The van der Waals surface area contributed by atoms with Crippen LogP contribution in [-0.2, 0) is 4.84 Å². The van der Waals surface area contributed by atoms with E-state index in [2.05, 4.69) is 26.3 Å². The zero-order valence-corrected chi connectivity index (χ0v) is 16.2. The highest BCUT2D eigenvalue weighted by atomic mass is 16.6. The second-order valence-electron chi connectivity index (χ2n) is 6.83. The lowest BCUT2D eigenvalue weighted by Crippen LogP contribution is -2.34. The molecule has 1 fully saturated rings. The summed E-state index contributed by atoms with van der Waals surface area (Å²) >= 11 is 0. The minimum Gasteiger partial charge on any atom is -0.494 e. The van der Waals surface area contributed by atoms with Gasteiger partial charge in [0.15, 0.2) is 5.82 Å². The molecule has 0 atom stereocenters. The highest BCUT2D eigenvalue weighted by molar-refractivity contribution is 5.79. The van der Waals surface area contributed by atoms with Crippen LogP contribution in [0.15, 0.2) is 41.6 Å². The Labute approximate surface area is 161 Å². The molecule has 0 N–H and O–H groups in total. The quantitative estimate of drug-likeness (QED) is 0.523. The summed E-state index contributed by atoms with van der Waals surface area (Å²) < 4.78 is 5.94. The van der Waals surface area contributed by atoms with Crippen LogP contribution in [0.2, 0.25) is 0 Å². The molecule has 1 aromatic heterocycles. The van der Waals surface area contributed by atoms with Gasteiger partial charge >= 0.3 is 0 Å². The largest absolute Gasteiger partial charge is 0.494 e. The van der Waals surface area contributed by atoms with Crippen molar-refractivity contribution in [2.45, 2.75) is 33.1 Å². The third-order valence-corrected chi connectivity index (χ3v) is 4.78. The van der Waals surface area contributed by atoms with Crippen molar-refractivity contribution >= 4 is 12.0 Å². The van der Waals surface area contributed by atoms with Crippen LogP contribution in [0.1, 0.15) is 37.4 Å². The number of rotatable bonds is 8. The maximum absolute atomic E-state index is 5.94. The average Bonchev–Trinajstić information content (AvgIpc) is 2.70. The van der Waals surface area contributed by atoms with Gasteiger partial charge in [-0.25, -0.2) is 0 Å². The summed E-state index contributed by atoms with van der Waals surface area (Å²) in [6, 6.07) is 12.0. The van der Waals surface area contributed by atoms with Gasteiger partial charge in [0.1, 0.15) is 12.4 Å². The number of anilines is 1. The number of ether oxygens (including phenoxy) is 1. The van der Waals surface area contributed by atoms with Gasteiger partial charge in [0.25, 0.3) is 0 Å². The number of oxime groups is 1. The zero-order chi connectivity index (χ0) is 18.9. The number of piperidine rings is 1. The molecule has 2 heterocycles. The summed E-state index contributed by atoms with van der Waals surface area (Å²) in [6.07, 6.45) is 5.12. The fourth-order valence-corrected chi connectivity index (χ4v) is 3.21. The predicted molar refractivity (Wildman–Crippen MR) is 107 cm³/mol. The van der Waals surface area contributed by atoms with Gasteiger partial charge in [-0.05, 0) is 68.9 Å². The molecule has 0 spiro atoms. The van der Waals surface area contributed by atoms with Gasteiger partial charge in [-0.1, -0.05) is 17.3 Å². The van der Waals surface area contributed by atoms with E-state index in [-0.39, 0.29) is 0 Å². The predicted octanol–water partition coefficient (Wildman–Crippen LogP) is 3.84. The van der Waals surface area contributed by atoms with Crippen molar-refractivity contribution in [2.75, 3.05) is 31.2 Å². The van der Waals surface area contributed by atoms with E-state index in [9.17, 15) is 0 Å². The highest BCUT2D eigenvalue weighted by Gasteiger charge is 2.20. The number of aromatic nitrogens is 2. The lowest BCUT2D eigenvalue weighted by Gasteiger charge is -2.32. The van der Waals surface area contributed by atoms with Gasteiger partial charge in [0.2, 0.25) is 0 Å². The van der Waals surface area contributed by atoms with Gasteiger partial charge in [0, 0.05) is 13.1 Å². The van der Waals surface area contributed by atoms with Crippen molar-refractivity contribution < 1.29 is 9.57 Å². The van der Waals surface area contributed by atoms with E-state index in [0.717, 1.165) is 48.9 Å². The molecule has 2 aromatic rings. The number of aryl methyl sites for hydroxylation is 1. The van der Waals surface area contributed by atoms with Crippen molar-refractivity contribution in [2.24, 2.45) is 11.1 Å². The first-order valence-electron chi connectivity index (χ1n) is 9.68. The fraction of sp³-hybridized carbons (Fsp3) is 0.476. The standard InChI is InChI=1S/C21H28N4O2/c1-3-27-22-16-19-5-4-6-20(15-19)26-14-11-18-9-12-25(13-10-18)21-8-7-17(2)23-24-21/h4-8,15-16,18H,3,9-14H2,1-2H3. The van der Waals surface area contributed by atoms with Gasteiger partial charge in [0.05, 0.1) is 18.5 Å². The molecule has 27 heavy (non-hydrogen) atoms. The van der Waals surface area contributed by atoms with E-state index in [0.29, 0.717) is 12.5 Å². The topological polar surface area (TPSA) is 59.8 Å². The molecular formula is C21H28N4O2. The fourth-order valence-electron chi connectivity index (χ4n) is 3.21. The average molecular weight is 368 g/mol. The van der Waals surface area contributed by atoms with Crippen LogP contribution in [0, 0.1) is 12.8 Å². The Kier molecular flexibility index (Phi) is 7.02. The Balaban J connectivity index is 1.40. The molecule has 1 aliphatic heterocycles. The van der Waals surface area contributed by atoms with Gasteiger partial charge in [-0.15, -0.1) is 5.10 Å². The van der Waals surface area contributed by atoms with E-state index >= 15 is 0 Å². The maximum Gasteiger partial charge on any atom is 0.151 e. The molecule has 3 rings (SSSR count). The molecule has 144 valence electrons. The second-order valence-corrected chi connectivity index (χ2v) is 6.83. The lowest BCUT2D eigenvalue weighted by atomic mass is 9.94. The Morgan fingerprint density at radius 2 is 2.04 bits per heavy atom. The monoisotopic (exact) mass is 368 g/mol. The maximum atomic E-state index is 5.94. The minimum atomic E-state index is 0.571. The van der Waals surface area contributed by atoms with Crippen molar-refractivity contribution in [1.82, 2.24) is 10.2 Å². The number of benzene rings is 1. The van der Waals surface area contributed by atoms with E-state index in [1.165, 1.54) is 12.8 Å². The summed E-state index contributed by atoms with van der Waals surface area (Å²) in [5.74, 6) is 2.56. The molecule has 0 saturated carbocycles. The first-order valence-corrected chi connectivity index (χ1v) is 9.68. The van der Waals surface area contributed by atoms with E-state index in [4.69, 9.17) is 9.57 Å². The van der Waals surface area contributed by atoms with Crippen molar-refractivity contribution in [3.63, 3.8) is 0 Å². The van der Waals surface area contributed by atoms with Crippen LogP contribution in [-0.4, -0.2) is 42.7 Å². The molecule has 0 aliphatic carbocycles. The molecule has 0 bridgehead atoms. The van der Waals surface area contributed by atoms with Crippen LogP contribution in [0.4, 0.5) is 5.82 Å². The second kappa shape index (κ2) is 9.90. The molecule has 6 nitrogen and oxygen atoms in total. The summed E-state index contributed by atoms with van der Waals surface area (Å²) in [5, 5.41) is 12.4. The van der Waals surface area contributed by atoms with Crippen molar-refractivity contribution in [3.05, 3.63) is 47.7 Å². The van der Waals surface area contributed by atoms with E-state index < -0.39 is 0 Å². The molecule has 0 unspecified atom stereocenters. The van der Waals surface area contributed by atoms with Crippen molar-refractivity contribution in [3.8, 4) is 5.75 Å². The first-order chi connectivity index (χ1) is 13.2. The normalized spacial score (nSPS) is 15.3. The van der Waals surface area contributed by atoms with Crippen LogP contribution in [0.5, 0.6) is 5.75 Å². The third-order valence-electron chi connectivity index (χ3n) is 4.78. The van der Waals surface area contributed by atoms with E-state index in [1.54, 1.807) is 6.21 Å². The molecule has 1 aromatic carbocycles. The lowest BCUT2D eigenvalue weighted by molar-refractivity contribution is 0.160. The molecule has 1 aliphatic rings. The van der Waals surface area contributed by atoms with E-state index in [1.807, 2.05) is 44.2 Å². The van der Waals surface area contributed by atoms with Crippen LogP contribution in [0.25, 0.3) is 0 Å². The first kappa shape index (κ1) is 19.1. The summed E-state index contributed by atoms with van der Waals surface area (Å²) in [5.41, 5.74) is 1.94.